The van der Waals surface area contributed by atoms with Gasteiger partial charge in [0.05, 0.1) is 0 Å². The second kappa shape index (κ2) is 5.20. The molecule has 0 saturated carbocycles. The Hall–Kier alpha value is -1.37. The SMILES string of the molecule is CNC1(C)CCN(c2c(F)c(F)c(F)c(F)c2F)CC1. The van der Waals surface area contributed by atoms with Crippen LogP contribution in [-0.4, -0.2) is 25.7 Å². The molecule has 0 spiro atoms. The lowest BCUT2D eigenvalue weighted by atomic mass is 9.89. The van der Waals surface area contributed by atoms with Gasteiger partial charge in [-0.15, -0.1) is 0 Å². The van der Waals surface area contributed by atoms with Crippen molar-refractivity contribution in [2.75, 3.05) is 25.0 Å². The summed E-state index contributed by atoms with van der Waals surface area (Å²) in [5.74, 6) is -9.47. The topological polar surface area (TPSA) is 15.3 Å². The second-order valence-corrected chi connectivity index (χ2v) is 5.22. The van der Waals surface area contributed by atoms with Gasteiger partial charge in [-0.05, 0) is 26.8 Å². The van der Waals surface area contributed by atoms with E-state index in [0.29, 0.717) is 12.8 Å². The Kier molecular flexibility index (Phi) is 3.90. The van der Waals surface area contributed by atoms with Gasteiger partial charge in [0.15, 0.2) is 23.3 Å². The number of halogens is 5. The smallest absolute Gasteiger partial charge is 0.200 e. The van der Waals surface area contributed by atoms with Crippen LogP contribution >= 0.6 is 0 Å². The van der Waals surface area contributed by atoms with E-state index in [1.54, 1.807) is 7.05 Å². The van der Waals surface area contributed by atoms with Gasteiger partial charge in [-0.3, -0.25) is 0 Å². The van der Waals surface area contributed by atoms with Crippen LogP contribution in [0.25, 0.3) is 0 Å². The zero-order chi connectivity index (χ0) is 15.1. The number of hydrogen-bond donors (Lipinski definition) is 1. The minimum Gasteiger partial charge on any atom is -0.366 e. The minimum absolute atomic E-state index is 0.194. The summed E-state index contributed by atoms with van der Waals surface area (Å²) in [6.07, 6.45) is 1.09. The average Bonchev–Trinajstić information content (AvgIpc) is 2.45. The molecule has 1 saturated heterocycles. The predicted octanol–water partition coefficient (Wildman–Crippen LogP) is 2.96. The monoisotopic (exact) mass is 294 g/mol. The van der Waals surface area contributed by atoms with E-state index in [-0.39, 0.29) is 18.6 Å². The molecule has 2 nitrogen and oxygen atoms in total. The molecular weight excluding hydrogens is 279 g/mol. The van der Waals surface area contributed by atoms with Crippen molar-refractivity contribution in [1.29, 1.82) is 0 Å². The zero-order valence-corrected chi connectivity index (χ0v) is 11.2. The molecule has 0 bridgehead atoms. The normalized spacial score (nSPS) is 18.4. The van der Waals surface area contributed by atoms with Crippen molar-refractivity contribution >= 4 is 5.69 Å². The van der Waals surface area contributed by atoms with E-state index >= 15 is 0 Å². The maximum Gasteiger partial charge on any atom is 0.200 e. The fraction of sp³-hybridized carbons (Fsp3) is 0.538. The standard InChI is InChI=1S/C13H15F5N2/c1-13(19-2)3-5-20(6-4-13)12-10(17)8(15)7(14)9(16)11(12)18/h19H,3-6H2,1-2H3. The van der Waals surface area contributed by atoms with Crippen LogP contribution in [0, 0.1) is 29.1 Å². The van der Waals surface area contributed by atoms with Crippen molar-refractivity contribution in [3.63, 3.8) is 0 Å². The summed E-state index contributed by atoms with van der Waals surface area (Å²) in [6, 6.07) is 0. The van der Waals surface area contributed by atoms with Gasteiger partial charge in [0, 0.05) is 18.6 Å². The van der Waals surface area contributed by atoms with E-state index < -0.39 is 34.8 Å². The van der Waals surface area contributed by atoms with Gasteiger partial charge < -0.3 is 10.2 Å². The maximum atomic E-state index is 13.7. The van der Waals surface area contributed by atoms with E-state index in [1.807, 2.05) is 6.92 Å². The molecule has 7 heteroatoms. The Morgan fingerprint density at radius 1 is 0.850 bits per heavy atom. The Morgan fingerprint density at radius 3 is 1.65 bits per heavy atom. The number of anilines is 1. The highest BCUT2D eigenvalue weighted by Gasteiger charge is 2.34. The van der Waals surface area contributed by atoms with E-state index in [2.05, 4.69) is 5.32 Å². The van der Waals surface area contributed by atoms with Crippen molar-refractivity contribution < 1.29 is 22.0 Å². The Morgan fingerprint density at radius 2 is 1.25 bits per heavy atom. The van der Waals surface area contributed by atoms with Crippen LogP contribution in [-0.2, 0) is 0 Å². The molecule has 112 valence electrons. The highest BCUT2D eigenvalue weighted by atomic mass is 19.2. The maximum absolute atomic E-state index is 13.7. The van der Waals surface area contributed by atoms with E-state index in [4.69, 9.17) is 0 Å². The molecule has 1 N–H and O–H groups in total. The molecule has 0 aromatic heterocycles. The largest absolute Gasteiger partial charge is 0.366 e. The Balaban J connectivity index is 2.36. The number of hydrogen-bond acceptors (Lipinski definition) is 2. The number of piperidine rings is 1. The molecule has 0 aliphatic carbocycles. The van der Waals surface area contributed by atoms with Crippen molar-refractivity contribution in [3.05, 3.63) is 29.1 Å². The number of rotatable bonds is 2. The lowest BCUT2D eigenvalue weighted by Gasteiger charge is -2.40. The van der Waals surface area contributed by atoms with Gasteiger partial charge in [0.2, 0.25) is 5.82 Å². The Labute approximate surface area is 113 Å². The molecule has 1 aliphatic heterocycles. The third-order valence-corrected chi connectivity index (χ3v) is 3.97. The van der Waals surface area contributed by atoms with Crippen LogP contribution in [0.15, 0.2) is 0 Å². The lowest BCUT2D eigenvalue weighted by Crippen LogP contribution is -2.50. The highest BCUT2D eigenvalue weighted by molar-refractivity contribution is 5.51. The van der Waals surface area contributed by atoms with Crippen LogP contribution in [0.5, 0.6) is 0 Å². The second-order valence-electron chi connectivity index (χ2n) is 5.22. The van der Waals surface area contributed by atoms with Gasteiger partial charge in [-0.25, -0.2) is 22.0 Å². The first-order valence-corrected chi connectivity index (χ1v) is 6.26. The molecule has 1 heterocycles. The predicted molar refractivity (Wildman–Crippen MR) is 65.1 cm³/mol. The van der Waals surface area contributed by atoms with E-state index in [0.717, 1.165) is 0 Å². The van der Waals surface area contributed by atoms with Crippen LogP contribution < -0.4 is 10.2 Å². The van der Waals surface area contributed by atoms with Gasteiger partial charge in [0.1, 0.15) is 5.69 Å². The van der Waals surface area contributed by atoms with Gasteiger partial charge in [-0.1, -0.05) is 0 Å². The summed E-state index contributed by atoms with van der Waals surface area (Å²) >= 11 is 0. The fourth-order valence-electron chi connectivity index (χ4n) is 2.34. The molecule has 0 amide bonds. The third-order valence-electron chi connectivity index (χ3n) is 3.97. The molecule has 1 aromatic rings. The first-order valence-electron chi connectivity index (χ1n) is 6.26. The van der Waals surface area contributed by atoms with Crippen LogP contribution in [0.4, 0.5) is 27.6 Å². The summed E-state index contributed by atoms with van der Waals surface area (Å²) in [6.45, 7) is 2.38. The van der Waals surface area contributed by atoms with Gasteiger partial charge in [-0.2, -0.15) is 0 Å². The molecule has 20 heavy (non-hydrogen) atoms. The Bertz CT molecular complexity index is 495. The van der Waals surface area contributed by atoms with E-state index in [9.17, 15) is 22.0 Å². The molecule has 1 aromatic carbocycles. The van der Waals surface area contributed by atoms with Crippen molar-refractivity contribution in [2.24, 2.45) is 0 Å². The molecule has 2 rings (SSSR count). The number of nitrogens with zero attached hydrogens (tertiary/aromatic N) is 1. The summed E-state index contributed by atoms with van der Waals surface area (Å²) in [5, 5.41) is 3.09. The first-order chi connectivity index (χ1) is 9.30. The van der Waals surface area contributed by atoms with Gasteiger partial charge in [0.25, 0.3) is 0 Å². The van der Waals surface area contributed by atoms with Crippen molar-refractivity contribution in [2.45, 2.75) is 25.3 Å². The van der Waals surface area contributed by atoms with Gasteiger partial charge >= 0.3 is 0 Å². The third kappa shape index (κ3) is 2.34. The lowest BCUT2D eigenvalue weighted by molar-refractivity contribution is 0.300. The molecular formula is C13H15F5N2. The first kappa shape index (κ1) is 15.0. The number of nitrogens with one attached hydrogen (secondary N) is 1. The quantitative estimate of drug-likeness (QED) is 0.512. The van der Waals surface area contributed by atoms with Crippen molar-refractivity contribution in [1.82, 2.24) is 5.32 Å². The summed E-state index contributed by atoms with van der Waals surface area (Å²) in [5.41, 5.74) is -1.03. The average molecular weight is 294 g/mol. The molecule has 1 aliphatic rings. The van der Waals surface area contributed by atoms with Crippen LogP contribution in [0.2, 0.25) is 0 Å². The minimum atomic E-state index is -2.12. The molecule has 1 fully saturated rings. The molecule has 0 atom stereocenters. The summed E-state index contributed by atoms with van der Waals surface area (Å²) in [4.78, 5) is 1.20. The molecule has 0 radical (unpaired) electrons. The summed E-state index contributed by atoms with van der Waals surface area (Å²) < 4.78 is 66.7. The van der Waals surface area contributed by atoms with E-state index in [1.165, 1.54) is 4.90 Å². The van der Waals surface area contributed by atoms with Crippen molar-refractivity contribution in [3.8, 4) is 0 Å². The molecule has 0 unspecified atom stereocenters. The van der Waals surface area contributed by atoms with Crippen LogP contribution in [0.3, 0.4) is 0 Å². The highest BCUT2D eigenvalue weighted by Crippen LogP contribution is 2.33. The summed E-state index contributed by atoms with van der Waals surface area (Å²) in [7, 11) is 1.77. The van der Waals surface area contributed by atoms with Crippen LogP contribution in [0.1, 0.15) is 19.8 Å². The fourth-order valence-corrected chi connectivity index (χ4v) is 2.34. The number of benzene rings is 1. The zero-order valence-electron chi connectivity index (χ0n) is 11.2.